The Balaban J connectivity index is 0.000000404. The van der Waals surface area contributed by atoms with Gasteiger partial charge >= 0.3 is 0 Å². The molecule has 0 N–H and O–H groups in total. The van der Waals surface area contributed by atoms with E-state index in [0.29, 0.717) is 0 Å². The van der Waals surface area contributed by atoms with Gasteiger partial charge < -0.3 is 0 Å². The average Bonchev–Trinajstić information content (AvgIpc) is 2.90. The molecule has 0 fully saturated rings. The van der Waals surface area contributed by atoms with E-state index in [-0.39, 0.29) is 16.4 Å². The van der Waals surface area contributed by atoms with Crippen molar-refractivity contribution in [2.75, 3.05) is 6.61 Å². The van der Waals surface area contributed by atoms with Gasteiger partial charge in [-0.15, -0.1) is 0 Å². The highest BCUT2D eigenvalue weighted by atomic mass is 35.7. The summed E-state index contributed by atoms with van der Waals surface area (Å²) in [5.74, 6) is 0. The van der Waals surface area contributed by atoms with Crippen molar-refractivity contribution in [1.82, 2.24) is 0 Å². The normalized spacial score (nSPS) is 11.8. The molecule has 0 heterocycles. The van der Waals surface area contributed by atoms with Gasteiger partial charge in [-0.25, -0.2) is 8.42 Å². The second-order valence-electron chi connectivity index (χ2n) is 9.39. The Kier molecular flexibility index (Phi) is 14.5. The summed E-state index contributed by atoms with van der Waals surface area (Å²) in [7, 11) is -2.08. The Hall–Kier alpha value is -2.45. The third kappa shape index (κ3) is 14.0. The SMILES string of the molecule is Cc1ccc(S(=O)(=O)Cl)cc1.Cc1ccc(S(=O)(=O)OCCCCCCCC=CCCc2ccccc2)cc1. The van der Waals surface area contributed by atoms with Crippen LogP contribution in [0.15, 0.2) is 101 Å². The molecule has 5 nitrogen and oxygen atoms in total. The summed E-state index contributed by atoms with van der Waals surface area (Å²) >= 11 is 0. The number of halogens is 1. The van der Waals surface area contributed by atoms with E-state index in [1.54, 1.807) is 36.4 Å². The van der Waals surface area contributed by atoms with Crippen molar-refractivity contribution in [3.8, 4) is 0 Å². The zero-order valence-electron chi connectivity index (χ0n) is 22.8. The minimum atomic E-state index is -3.62. The van der Waals surface area contributed by atoms with Crippen LogP contribution in [0.1, 0.15) is 61.6 Å². The number of aryl methyl sites for hydroxylation is 3. The molecule has 212 valence electrons. The van der Waals surface area contributed by atoms with Crippen LogP contribution in [0.3, 0.4) is 0 Å². The van der Waals surface area contributed by atoms with E-state index in [9.17, 15) is 16.8 Å². The molecule has 8 heteroatoms. The average molecular weight is 591 g/mol. The maximum Gasteiger partial charge on any atom is 0.296 e. The summed E-state index contributed by atoms with van der Waals surface area (Å²) in [4.78, 5) is 0.377. The van der Waals surface area contributed by atoms with Gasteiger partial charge in [0.15, 0.2) is 0 Å². The molecule has 0 saturated carbocycles. The molecule has 39 heavy (non-hydrogen) atoms. The van der Waals surface area contributed by atoms with Crippen molar-refractivity contribution in [2.24, 2.45) is 0 Å². The molecule has 3 rings (SSSR count). The van der Waals surface area contributed by atoms with Crippen molar-refractivity contribution in [3.63, 3.8) is 0 Å². The van der Waals surface area contributed by atoms with E-state index in [1.807, 2.05) is 13.8 Å². The molecule has 0 saturated heterocycles. The highest BCUT2D eigenvalue weighted by Gasteiger charge is 2.14. The fourth-order valence-corrected chi connectivity index (χ4v) is 5.38. The lowest BCUT2D eigenvalue weighted by Gasteiger charge is -2.06. The van der Waals surface area contributed by atoms with E-state index in [2.05, 4.69) is 42.5 Å². The van der Waals surface area contributed by atoms with Crippen LogP contribution < -0.4 is 0 Å². The molecule has 0 spiro atoms. The second kappa shape index (κ2) is 17.3. The van der Waals surface area contributed by atoms with Crippen LogP contribution in [0.2, 0.25) is 0 Å². The number of hydrogen-bond acceptors (Lipinski definition) is 5. The molecule has 0 atom stereocenters. The Morgan fingerprint density at radius 3 is 1.74 bits per heavy atom. The van der Waals surface area contributed by atoms with Crippen molar-refractivity contribution >= 4 is 29.9 Å². The van der Waals surface area contributed by atoms with E-state index in [0.717, 1.165) is 49.7 Å². The molecule has 0 aliphatic rings. The molecular formula is C31H39ClO5S2. The summed E-state index contributed by atoms with van der Waals surface area (Å²) in [5, 5.41) is 0. The first-order valence-electron chi connectivity index (χ1n) is 13.2. The van der Waals surface area contributed by atoms with Gasteiger partial charge in [0.25, 0.3) is 19.2 Å². The van der Waals surface area contributed by atoms with Crippen LogP contribution in [0.25, 0.3) is 0 Å². The Bertz CT molecular complexity index is 1330. The first-order valence-corrected chi connectivity index (χ1v) is 17.0. The van der Waals surface area contributed by atoms with Gasteiger partial charge in [0.2, 0.25) is 0 Å². The fraction of sp³-hybridized carbons (Fsp3) is 0.355. The molecule has 3 aromatic rings. The lowest BCUT2D eigenvalue weighted by atomic mass is 10.1. The molecule has 0 aromatic heterocycles. The van der Waals surface area contributed by atoms with E-state index >= 15 is 0 Å². The number of rotatable bonds is 14. The predicted molar refractivity (Wildman–Crippen MR) is 160 cm³/mol. The van der Waals surface area contributed by atoms with Crippen LogP contribution in [0, 0.1) is 13.8 Å². The summed E-state index contributed by atoms with van der Waals surface area (Å²) in [6.07, 6.45) is 13.1. The Morgan fingerprint density at radius 1 is 0.641 bits per heavy atom. The van der Waals surface area contributed by atoms with Crippen molar-refractivity contribution in [1.29, 1.82) is 0 Å². The topological polar surface area (TPSA) is 77.5 Å². The van der Waals surface area contributed by atoms with Gasteiger partial charge in [-0.1, -0.05) is 97.1 Å². The van der Waals surface area contributed by atoms with Crippen LogP contribution in [0.4, 0.5) is 0 Å². The molecular weight excluding hydrogens is 552 g/mol. The number of unbranched alkanes of at least 4 members (excludes halogenated alkanes) is 5. The molecule has 0 radical (unpaired) electrons. The Labute approximate surface area is 239 Å². The lowest BCUT2D eigenvalue weighted by molar-refractivity contribution is 0.306. The standard InChI is InChI=1S/C24H32O3S.C7H7ClO2S/c1-22-17-19-24(20-18-22)28(25,26)27-21-13-8-6-4-2-3-5-7-10-14-23-15-11-9-12-16-23;1-6-2-4-7(5-3-6)11(8,9)10/h5,7,9,11-12,15-20H,2-4,6,8,10,13-14,21H2,1H3;2-5H,1H3. The quantitative estimate of drug-likeness (QED) is 0.0819. The van der Waals surface area contributed by atoms with E-state index in [4.69, 9.17) is 14.9 Å². The first-order chi connectivity index (χ1) is 18.6. The highest BCUT2D eigenvalue weighted by Crippen LogP contribution is 2.15. The van der Waals surface area contributed by atoms with Gasteiger partial charge in [-0.2, -0.15) is 8.42 Å². The third-order valence-corrected chi connectivity index (χ3v) is 8.67. The largest absolute Gasteiger partial charge is 0.296 e. The predicted octanol–water partition coefficient (Wildman–Crippen LogP) is 8.15. The van der Waals surface area contributed by atoms with Gasteiger partial charge in [-0.05, 0) is 75.8 Å². The van der Waals surface area contributed by atoms with Crippen LogP contribution in [-0.2, 0) is 29.8 Å². The maximum absolute atomic E-state index is 12.1. The second-order valence-corrected chi connectivity index (χ2v) is 13.6. The summed E-state index contributed by atoms with van der Waals surface area (Å²) in [6.45, 7) is 4.07. The smallest absolute Gasteiger partial charge is 0.266 e. The first kappa shape index (κ1) is 32.8. The molecule has 0 aliphatic heterocycles. The van der Waals surface area contributed by atoms with Crippen LogP contribution >= 0.6 is 10.7 Å². The number of benzene rings is 3. The number of allylic oxidation sites excluding steroid dienone is 2. The minimum absolute atomic E-state index is 0.143. The van der Waals surface area contributed by atoms with Crippen molar-refractivity contribution in [3.05, 3.63) is 108 Å². The summed E-state index contributed by atoms with van der Waals surface area (Å²) < 4.78 is 50.7. The molecule has 0 unspecified atom stereocenters. The van der Waals surface area contributed by atoms with Crippen LogP contribution in [0.5, 0.6) is 0 Å². The van der Waals surface area contributed by atoms with Gasteiger partial charge in [0.1, 0.15) is 0 Å². The van der Waals surface area contributed by atoms with E-state index in [1.165, 1.54) is 30.5 Å². The number of hydrogen-bond donors (Lipinski definition) is 0. The Morgan fingerprint density at radius 2 is 1.15 bits per heavy atom. The molecule has 0 aliphatic carbocycles. The highest BCUT2D eigenvalue weighted by molar-refractivity contribution is 8.13. The lowest BCUT2D eigenvalue weighted by Crippen LogP contribution is -2.07. The van der Waals surface area contributed by atoms with Gasteiger partial charge in [0.05, 0.1) is 16.4 Å². The van der Waals surface area contributed by atoms with Gasteiger partial charge in [0, 0.05) is 10.7 Å². The van der Waals surface area contributed by atoms with Crippen molar-refractivity contribution in [2.45, 2.75) is 75.0 Å². The minimum Gasteiger partial charge on any atom is -0.266 e. The van der Waals surface area contributed by atoms with Crippen molar-refractivity contribution < 1.29 is 21.0 Å². The molecule has 0 amide bonds. The fourth-order valence-electron chi connectivity index (χ4n) is 3.67. The monoisotopic (exact) mass is 590 g/mol. The summed E-state index contributed by atoms with van der Waals surface area (Å²) in [5.41, 5.74) is 3.43. The van der Waals surface area contributed by atoms with Crippen LogP contribution in [-0.4, -0.2) is 23.4 Å². The van der Waals surface area contributed by atoms with E-state index < -0.39 is 19.2 Å². The van der Waals surface area contributed by atoms with Gasteiger partial charge in [-0.3, -0.25) is 4.18 Å². The molecule has 0 bridgehead atoms. The maximum atomic E-state index is 12.1. The molecule has 3 aromatic carbocycles. The zero-order valence-corrected chi connectivity index (χ0v) is 25.1. The third-order valence-electron chi connectivity index (χ3n) is 5.97. The summed E-state index contributed by atoms with van der Waals surface area (Å²) in [6, 6.07) is 23.7. The zero-order chi connectivity index (χ0) is 28.6.